The summed E-state index contributed by atoms with van der Waals surface area (Å²) in [5.74, 6) is 4.11. The maximum Gasteiger partial charge on any atom is 0.133 e. The Hall–Kier alpha value is -1.04. The van der Waals surface area contributed by atoms with Crippen molar-refractivity contribution >= 4 is 0 Å². The molecule has 5 heteroatoms. The highest BCUT2D eigenvalue weighted by Gasteiger charge is 2.21. The largest absolute Gasteiger partial charge is 0.377 e. The molecule has 0 heterocycles. The number of ether oxygens (including phenoxy) is 1. The average Bonchev–Trinajstić information content (AvgIpc) is 2.28. The van der Waals surface area contributed by atoms with Crippen LogP contribution in [0.2, 0.25) is 0 Å². The second-order valence-electron chi connectivity index (χ2n) is 4.19. The van der Waals surface area contributed by atoms with Crippen LogP contribution in [0.15, 0.2) is 12.1 Å². The quantitative estimate of drug-likeness (QED) is 0.616. The summed E-state index contributed by atoms with van der Waals surface area (Å²) in [5, 5.41) is 0. The molecular formula is C12H18F2N2O. The fraction of sp³-hybridized carbons (Fsp3) is 0.500. The first kappa shape index (κ1) is 14.0. The van der Waals surface area contributed by atoms with Crippen LogP contribution in [0.5, 0.6) is 0 Å². The van der Waals surface area contributed by atoms with Crippen LogP contribution in [0.1, 0.15) is 31.0 Å². The average molecular weight is 244 g/mol. The SMILES string of the molecule is Cc1ccc(F)c(C(COC(C)C)NN)c1F. The summed E-state index contributed by atoms with van der Waals surface area (Å²) in [6, 6.07) is 1.93. The minimum absolute atomic E-state index is 0.0261. The molecule has 0 saturated heterocycles. The molecule has 1 unspecified atom stereocenters. The van der Waals surface area contributed by atoms with Crippen molar-refractivity contribution in [3.63, 3.8) is 0 Å². The number of rotatable bonds is 5. The van der Waals surface area contributed by atoms with Gasteiger partial charge in [-0.2, -0.15) is 0 Å². The first-order chi connectivity index (χ1) is 7.97. The number of nitrogens with two attached hydrogens (primary N) is 1. The van der Waals surface area contributed by atoms with Crippen molar-refractivity contribution in [2.24, 2.45) is 5.84 Å². The van der Waals surface area contributed by atoms with E-state index >= 15 is 0 Å². The number of aryl methyl sites for hydroxylation is 1. The molecule has 0 fully saturated rings. The van der Waals surface area contributed by atoms with Crippen molar-refractivity contribution in [1.82, 2.24) is 5.43 Å². The smallest absolute Gasteiger partial charge is 0.133 e. The van der Waals surface area contributed by atoms with Crippen LogP contribution in [-0.2, 0) is 4.74 Å². The van der Waals surface area contributed by atoms with E-state index in [4.69, 9.17) is 10.6 Å². The van der Waals surface area contributed by atoms with Gasteiger partial charge in [0, 0.05) is 5.56 Å². The van der Waals surface area contributed by atoms with E-state index < -0.39 is 17.7 Å². The molecule has 0 saturated carbocycles. The van der Waals surface area contributed by atoms with E-state index in [1.165, 1.54) is 12.1 Å². The summed E-state index contributed by atoms with van der Waals surface area (Å²) >= 11 is 0. The Balaban J connectivity index is 2.98. The number of hydrazine groups is 1. The third kappa shape index (κ3) is 3.46. The van der Waals surface area contributed by atoms with Crippen LogP contribution in [0.4, 0.5) is 8.78 Å². The maximum absolute atomic E-state index is 13.8. The molecule has 0 aromatic heterocycles. The highest BCUT2D eigenvalue weighted by atomic mass is 19.1. The van der Waals surface area contributed by atoms with Crippen molar-refractivity contribution < 1.29 is 13.5 Å². The minimum Gasteiger partial charge on any atom is -0.377 e. The molecule has 0 amide bonds. The summed E-state index contributed by atoms with van der Waals surface area (Å²) < 4.78 is 32.8. The van der Waals surface area contributed by atoms with Crippen molar-refractivity contribution in [3.8, 4) is 0 Å². The van der Waals surface area contributed by atoms with Gasteiger partial charge in [0.25, 0.3) is 0 Å². The molecule has 0 aliphatic rings. The molecule has 1 atom stereocenters. The van der Waals surface area contributed by atoms with E-state index in [-0.39, 0.29) is 18.3 Å². The van der Waals surface area contributed by atoms with Gasteiger partial charge in [-0.15, -0.1) is 0 Å². The van der Waals surface area contributed by atoms with Crippen LogP contribution in [0.25, 0.3) is 0 Å². The Morgan fingerprint density at radius 1 is 1.35 bits per heavy atom. The number of hydrogen-bond donors (Lipinski definition) is 2. The lowest BCUT2D eigenvalue weighted by molar-refractivity contribution is 0.0596. The van der Waals surface area contributed by atoms with Gasteiger partial charge in [-0.1, -0.05) is 6.07 Å². The van der Waals surface area contributed by atoms with Crippen LogP contribution < -0.4 is 11.3 Å². The molecule has 3 nitrogen and oxygen atoms in total. The van der Waals surface area contributed by atoms with Gasteiger partial charge in [0.2, 0.25) is 0 Å². The van der Waals surface area contributed by atoms with Crippen LogP contribution in [-0.4, -0.2) is 12.7 Å². The van der Waals surface area contributed by atoms with E-state index in [9.17, 15) is 8.78 Å². The molecule has 1 aromatic carbocycles. The highest BCUT2D eigenvalue weighted by Crippen LogP contribution is 2.23. The third-order valence-corrected chi connectivity index (χ3v) is 2.47. The maximum atomic E-state index is 13.8. The zero-order chi connectivity index (χ0) is 13.0. The molecule has 0 aliphatic carbocycles. The van der Waals surface area contributed by atoms with Gasteiger partial charge in [0.1, 0.15) is 11.6 Å². The molecule has 1 aromatic rings. The lowest BCUT2D eigenvalue weighted by Gasteiger charge is -2.20. The molecule has 0 aliphatic heterocycles. The topological polar surface area (TPSA) is 47.3 Å². The molecule has 17 heavy (non-hydrogen) atoms. The van der Waals surface area contributed by atoms with Crippen LogP contribution in [0.3, 0.4) is 0 Å². The second-order valence-corrected chi connectivity index (χ2v) is 4.19. The van der Waals surface area contributed by atoms with E-state index in [1.807, 2.05) is 13.8 Å². The Morgan fingerprint density at radius 3 is 2.53 bits per heavy atom. The lowest BCUT2D eigenvalue weighted by atomic mass is 10.0. The van der Waals surface area contributed by atoms with Gasteiger partial charge < -0.3 is 4.74 Å². The fourth-order valence-electron chi connectivity index (χ4n) is 1.50. The first-order valence-corrected chi connectivity index (χ1v) is 5.49. The molecular weight excluding hydrogens is 226 g/mol. The van der Waals surface area contributed by atoms with E-state index in [0.717, 1.165) is 0 Å². The Bertz CT molecular complexity index is 383. The van der Waals surface area contributed by atoms with Gasteiger partial charge in [-0.3, -0.25) is 11.3 Å². The zero-order valence-corrected chi connectivity index (χ0v) is 10.3. The van der Waals surface area contributed by atoms with Gasteiger partial charge >= 0.3 is 0 Å². The van der Waals surface area contributed by atoms with E-state index in [1.54, 1.807) is 6.92 Å². The standard InChI is InChI=1S/C12H18F2N2O/c1-7(2)17-6-10(16-15)11-9(13)5-4-8(3)12(11)14/h4-5,7,10,16H,6,15H2,1-3H3. The van der Waals surface area contributed by atoms with Crippen molar-refractivity contribution in [2.75, 3.05) is 6.61 Å². The number of hydrogen-bond acceptors (Lipinski definition) is 3. The van der Waals surface area contributed by atoms with Crippen LogP contribution in [0, 0.1) is 18.6 Å². The second kappa shape index (κ2) is 6.05. The normalized spacial score (nSPS) is 13.1. The monoisotopic (exact) mass is 244 g/mol. The van der Waals surface area contributed by atoms with Crippen molar-refractivity contribution in [2.45, 2.75) is 32.9 Å². The van der Waals surface area contributed by atoms with Gasteiger partial charge in [0.05, 0.1) is 18.8 Å². The number of nitrogens with one attached hydrogen (secondary N) is 1. The van der Waals surface area contributed by atoms with Gasteiger partial charge in [-0.25, -0.2) is 8.78 Å². The van der Waals surface area contributed by atoms with Gasteiger partial charge in [0.15, 0.2) is 0 Å². The summed E-state index contributed by atoms with van der Waals surface area (Å²) in [6.45, 7) is 5.38. The summed E-state index contributed by atoms with van der Waals surface area (Å²) in [6.07, 6.45) is -0.0261. The fourth-order valence-corrected chi connectivity index (χ4v) is 1.50. The van der Waals surface area contributed by atoms with E-state index in [0.29, 0.717) is 5.56 Å². The predicted octanol–water partition coefficient (Wildman–Crippen LogP) is 2.20. The Morgan fingerprint density at radius 2 is 2.00 bits per heavy atom. The first-order valence-electron chi connectivity index (χ1n) is 5.49. The molecule has 0 radical (unpaired) electrons. The van der Waals surface area contributed by atoms with Crippen molar-refractivity contribution in [3.05, 3.63) is 34.9 Å². The predicted molar refractivity (Wildman–Crippen MR) is 62.2 cm³/mol. The Labute approximate surface area is 99.9 Å². The van der Waals surface area contributed by atoms with Crippen LogP contribution >= 0.6 is 0 Å². The molecule has 3 N–H and O–H groups in total. The van der Waals surface area contributed by atoms with Gasteiger partial charge in [-0.05, 0) is 32.4 Å². The molecule has 0 spiro atoms. The van der Waals surface area contributed by atoms with Crippen molar-refractivity contribution in [1.29, 1.82) is 0 Å². The Kier molecular flexibility index (Phi) is 4.99. The molecule has 96 valence electrons. The summed E-state index contributed by atoms with van der Waals surface area (Å²) in [7, 11) is 0. The summed E-state index contributed by atoms with van der Waals surface area (Å²) in [5.41, 5.74) is 2.68. The minimum atomic E-state index is -0.697. The summed E-state index contributed by atoms with van der Waals surface area (Å²) in [4.78, 5) is 0. The molecule has 1 rings (SSSR count). The number of halogens is 2. The highest BCUT2D eigenvalue weighted by molar-refractivity contribution is 5.29. The zero-order valence-electron chi connectivity index (χ0n) is 10.3. The third-order valence-electron chi connectivity index (χ3n) is 2.47. The van der Waals surface area contributed by atoms with E-state index in [2.05, 4.69) is 5.43 Å². The lowest BCUT2D eigenvalue weighted by Crippen LogP contribution is -2.33. The number of benzene rings is 1. The molecule has 0 bridgehead atoms.